The van der Waals surface area contributed by atoms with Gasteiger partial charge in [0.25, 0.3) is 0 Å². The van der Waals surface area contributed by atoms with E-state index in [1.165, 1.54) is 4.90 Å². The van der Waals surface area contributed by atoms with Crippen LogP contribution >= 0.6 is 23.2 Å². The van der Waals surface area contributed by atoms with Gasteiger partial charge < -0.3 is 19.7 Å². The minimum absolute atomic E-state index is 0.154. The first-order valence-electron chi connectivity index (χ1n) is 10.6. The third kappa shape index (κ3) is 7.04. The van der Waals surface area contributed by atoms with Crippen molar-refractivity contribution >= 4 is 35.0 Å². The normalized spacial score (nSPS) is 11.6. The van der Waals surface area contributed by atoms with Crippen LogP contribution in [0, 0.1) is 0 Å². The first-order valence-corrected chi connectivity index (χ1v) is 11.4. The molecule has 0 heterocycles. The molecule has 2 aromatic rings. The van der Waals surface area contributed by atoms with Crippen LogP contribution in [-0.2, 0) is 22.6 Å². The lowest BCUT2D eigenvalue weighted by Gasteiger charge is -2.29. The van der Waals surface area contributed by atoms with E-state index < -0.39 is 6.04 Å². The molecule has 0 aromatic heterocycles. The highest BCUT2D eigenvalue weighted by atomic mass is 35.5. The number of amides is 2. The Morgan fingerprint density at radius 2 is 1.72 bits per heavy atom. The van der Waals surface area contributed by atoms with Crippen LogP contribution in [0.1, 0.15) is 38.3 Å². The van der Waals surface area contributed by atoms with Crippen molar-refractivity contribution in [2.24, 2.45) is 0 Å². The van der Waals surface area contributed by atoms with E-state index in [4.69, 9.17) is 32.7 Å². The van der Waals surface area contributed by atoms with Gasteiger partial charge in [-0.3, -0.25) is 9.59 Å². The van der Waals surface area contributed by atoms with Gasteiger partial charge in [-0.1, -0.05) is 35.3 Å². The van der Waals surface area contributed by atoms with E-state index in [0.29, 0.717) is 41.2 Å². The molecule has 2 rings (SSSR count). The van der Waals surface area contributed by atoms with E-state index in [-0.39, 0.29) is 24.8 Å². The van der Waals surface area contributed by atoms with Crippen LogP contribution in [0.25, 0.3) is 0 Å². The van der Waals surface area contributed by atoms with Gasteiger partial charge in [0.15, 0.2) is 11.5 Å². The van der Waals surface area contributed by atoms with Gasteiger partial charge in [-0.05, 0) is 62.6 Å². The minimum atomic E-state index is -0.654. The zero-order chi connectivity index (χ0) is 23.7. The predicted octanol–water partition coefficient (Wildman–Crippen LogP) is 4.89. The third-order valence-corrected chi connectivity index (χ3v) is 5.59. The fourth-order valence-electron chi connectivity index (χ4n) is 3.27. The van der Waals surface area contributed by atoms with Crippen LogP contribution in [0.2, 0.25) is 10.0 Å². The number of rotatable bonds is 11. The molecule has 0 saturated heterocycles. The van der Waals surface area contributed by atoms with E-state index in [0.717, 1.165) is 11.1 Å². The molecule has 0 aliphatic heterocycles. The van der Waals surface area contributed by atoms with Gasteiger partial charge >= 0.3 is 0 Å². The van der Waals surface area contributed by atoms with E-state index in [2.05, 4.69) is 5.32 Å². The van der Waals surface area contributed by atoms with Gasteiger partial charge in [0.2, 0.25) is 11.8 Å². The number of halogens is 2. The maximum absolute atomic E-state index is 13.2. The van der Waals surface area contributed by atoms with Crippen molar-refractivity contribution in [3.8, 4) is 11.5 Å². The number of nitrogens with zero attached hydrogens (tertiary/aromatic N) is 1. The molecule has 8 heteroatoms. The Labute approximate surface area is 199 Å². The fraction of sp³-hybridized carbons (Fsp3) is 0.417. The Morgan fingerprint density at radius 1 is 1.03 bits per heavy atom. The summed E-state index contributed by atoms with van der Waals surface area (Å²) in [4.78, 5) is 27.0. The quantitative estimate of drug-likeness (QED) is 0.497. The van der Waals surface area contributed by atoms with E-state index in [1.807, 2.05) is 32.0 Å². The summed E-state index contributed by atoms with van der Waals surface area (Å²) >= 11 is 12.3. The maximum Gasteiger partial charge on any atom is 0.242 e. The lowest BCUT2D eigenvalue weighted by Crippen LogP contribution is -2.46. The van der Waals surface area contributed by atoms with Gasteiger partial charge in [0.05, 0.1) is 13.2 Å². The number of likely N-dealkylation sites (N-methyl/N-ethyl adjacent to an activating group) is 1. The van der Waals surface area contributed by atoms with Crippen molar-refractivity contribution in [3.05, 3.63) is 57.6 Å². The molecule has 174 valence electrons. The first kappa shape index (κ1) is 25.8. The molecule has 0 aliphatic rings. The molecule has 0 saturated carbocycles. The highest BCUT2D eigenvalue weighted by molar-refractivity contribution is 6.35. The molecule has 0 spiro atoms. The summed E-state index contributed by atoms with van der Waals surface area (Å²) < 4.78 is 11.3. The summed E-state index contributed by atoms with van der Waals surface area (Å²) in [6, 6.07) is 10.1. The summed E-state index contributed by atoms with van der Waals surface area (Å²) in [6.45, 7) is 6.78. The summed E-state index contributed by atoms with van der Waals surface area (Å²) in [6.07, 6.45) is 0.725. The second-order valence-corrected chi connectivity index (χ2v) is 8.04. The zero-order valence-electron chi connectivity index (χ0n) is 18.9. The Hall–Kier alpha value is -2.44. The number of hydrogen-bond donors (Lipinski definition) is 1. The molecule has 2 amide bonds. The molecule has 2 aromatic carbocycles. The van der Waals surface area contributed by atoms with Crippen molar-refractivity contribution in [2.75, 3.05) is 20.3 Å². The SMILES string of the molecule is CCOc1ccc(CCC(=O)N(Cc2ccc(Cl)cc2Cl)C(C)C(=O)NC)cc1OCC. The molecular formula is C24H30Cl2N2O4. The minimum Gasteiger partial charge on any atom is -0.490 e. The first-order chi connectivity index (χ1) is 15.3. The van der Waals surface area contributed by atoms with Crippen molar-refractivity contribution in [2.45, 2.75) is 46.2 Å². The summed E-state index contributed by atoms with van der Waals surface area (Å²) in [5, 5.41) is 3.57. The van der Waals surface area contributed by atoms with Crippen molar-refractivity contribution in [1.29, 1.82) is 0 Å². The highest BCUT2D eigenvalue weighted by Crippen LogP contribution is 2.29. The molecule has 0 bridgehead atoms. The predicted molar refractivity (Wildman–Crippen MR) is 128 cm³/mol. The second kappa shape index (κ2) is 12.6. The zero-order valence-corrected chi connectivity index (χ0v) is 20.4. The van der Waals surface area contributed by atoms with Crippen LogP contribution in [0.3, 0.4) is 0 Å². The second-order valence-electron chi connectivity index (χ2n) is 7.19. The number of aryl methyl sites for hydroxylation is 1. The molecule has 1 atom stereocenters. The Kier molecular flexibility index (Phi) is 10.1. The monoisotopic (exact) mass is 480 g/mol. The number of carbonyl (C=O) groups is 2. The van der Waals surface area contributed by atoms with Gasteiger partial charge in [-0.25, -0.2) is 0 Å². The van der Waals surface area contributed by atoms with Crippen molar-refractivity contribution < 1.29 is 19.1 Å². The number of hydrogen-bond acceptors (Lipinski definition) is 4. The van der Waals surface area contributed by atoms with E-state index >= 15 is 0 Å². The average molecular weight is 481 g/mol. The van der Waals surface area contributed by atoms with Gasteiger partial charge in [0.1, 0.15) is 6.04 Å². The average Bonchev–Trinajstić information content (AvgIpc) is 2.77. The largest absolute Gasteiger partial charge is 0.490 e. The molecule has 32 heavy (non-hydrogen) atoms. The van der Waals surface area contributed by atoms with Gasteiger partial charge in [-0.15, -0.1) is 0 Å². The summed E-state index contributed by atoms with van der Waals surface area (Å²) in [5.41, 5.74) is 1.67. The van der Waals surface area contributed by atoms with Gasteiger partial charge in [0, 0.05) is 30.1 Å². The molecule has 0 aliphatic carbocycles. The van der Waals surface area contributed by atoms with Crippen LogP contribution in [-0.4, -0.2) is 43.0 Å². The molecule has 6 nitrogen and oxygen atoms in total. The molecule has 0 fully saturated rings. The Balaban J connectivity index is 2.19. The van der Waals surface area contributed by atoms with Crippen molar-refractivity contribution in [3.63, 3.8) is 0 Å². The molecular weight excluding hydrogens is 451 g/mol. The number of ether oxygens (including phenoxy) is 2. The maximum atomic E-state index is 13.2. The molecule has 0 radical (unpaired) electrons. The number of benzene rings is 2. The highest BCUT2D eigenvalue weighted by Gasteiger charge is 2.26. The summed E-state index contributed by atoms with van der Waals surface area (Å²) in [7, 11) is 1.55. The smallest absolute Gasteiger partial charge is 0.242 e. The standard InChI is InChI=1S/C24H30Cl2N2O4/c1-5-31-21-11-7-17(13-22(21)32-6-2)8-12-23(29)28(16(3)24(30)27-4)15-18-9-10-19(25)14-20(18)26/h7,9-11,13-14,16H,5-6,8,12,15H2,1-4H3,(H,27,30). The molecule has 1 unspecified atom stereocenters. The fourth-order valence-corrected chi connectivity index (χ4v) is 3.74. The van der Waals surface area contributed by atoms with E-state index in [9.17, 15) is 9.59 Å². The van der Waals surface area contributed by atoms with Crippen molar-refractivity contribution in [1.82, 2.24) is 10.2 Å². The Bertz CT molecular complexity index is 936. The number of nitrogens with one attached hydrogen (secondary N) is 1. The lowest BCUT2D eigenvalue weighted by atomic mass is 10.1. The van der Waals surface area contributed by atoms with Crippen LogP contribution in [0.4, 0.5) is 0 Å². The third-order valence-electron chi connectivity index (χ3n) is 5.00. The Morgan fingerprint density at radius 3 is 2.34 bits per heavy atom. The number of carbonyl (C=O) groups excluding carboxylic acids is 2. The summed E-state index contributed by atoms with van der Waals surface area (Å²) in [5.74, 6) is 0.932. The van der Waals surface area contributed by atoms with Crippen LogP contribution < -0.4 is 14.8 Å². The lowest BCUT2D eigenvalue weighted by molar-refractivity contribution is -0.140. The van der Waals surface area contributed by atoms with E-state index in [1.54, 1.807) is 32.2 Å². The van der Waals surface area contributed by atoms with Crippen LogP contribution in [0.15, 0.2) is 36.4 Å². The topological polar surface area (TPSA) is 67.9 Å². The van der Waals surface area contributed by atoms with Gasteiger partial charge in [-0.2, -0.15) is 0 Å². The molecule has 1 N–H and O–H groups in total. The van der Waals surface area contributed by atoms with Crippen LogP contribution in [0.5, 0.6) is 11.5 Å².